The fourth-order valence-corrected chi connectivity index (χ4v) is 1.65. The van der Waals surface area contributed by atoms with E-state index in [4.69, 9.17) is 5.11 Å². The van der Waals surface area contributed by atoms with Gasteiger partial charge in [-0.05, 0) is 11.6 Å². The summed E-state index contributed by atoms with van der Waals surface area (Å²) in [6.07, 6.45) is 2.76. The van der Waals surface area contributed by atoms with Crippen LogP contribution in [0.15, 0.2) is 42.7 Å². The molecule has 7 nitrogen and oxygen atoms in total. The summed E-state index contributed by atoms with van der Waals surface area (Å²) < 4.78 is 0. The van der Waals surface area contributed by atoms with Gasteiger partial charge in [0.25, 0.3) is 5.69 Å². The highest BCUT2D eigenvalue weighted by molar-refractivity contribution is 5.93. The van der Waals surface area contributed by atoms with Crippen molar-refractivity contribution in [3.63, 3.8) is 0 Å². The molecule has 102 valence electrons. The quantitative estimate of drug-likeness (QED) is 0.639. The van der Waals surface area contributed by atoms with Crippen molar-refractivity contribution in [3.8, 4) is 0 Å². The summed E-state index contributed by atoms with van der Waals surface area (Å²) in [6.45, 7) is 0.363. The van der Waals surface area contributed by atoms with Gasteiger partial charge in [0, 0.05) is 31.1 Å². The van der Waals surface area contributed by atoms with E-state index in [1.54, 1.807) is 18.2 Å². The maximum absolute atomic E-state index is 11.0. The van der Waals surface area contributed by atoms with Crippen LogP contribution in [0.1, 0.15) is 15.9 Å². The highest BCUT2D eigenvalue weighted by Gasteiger charge is 2.09. The molecule has 0 saturated heterocycles. The molecule has 0 amide bonds. The molecule has 2 aromatic rings. The van der Waals surface area contributed by atoms with Gasteiger partial charge in [0.05, 0.1) is 10.6 Å². The van der Waals surface area contributed by atoms with E-state index in [-0.39, 0.29) is 11.3 Å². The third-order valence-electron chi connectivity index (χ3n) is 2.68. The number of nitro benzene ring substituents is 1. The van der Waals surface area contributed by atoms with Crippen molar-refractivity contribution < 1.29 is 14.8 Å². The normalized spacial score (nSPS) is 10.0. The van der Waals surface area contributed by atoms with E-state index >= 15 is 0 Å². The number of aromatic nitrogens is 1. The van der Waals surface area contributed by atoms with Crippen LogP contribution in [0.25, 0.3) is 0 Å². The van der Waals surface area contributed by atoms with Crippen molar-refractivity contribution >= 4 is 17.3 Å². The number of nitrogens with one attached hydrogen (secondary N) is 1. The Morgan fingerprint density at radius 2 is 2.00 bits per heavy atom. The lowest BCUT2D eigenvalue weighted by atomic mass is 10.2. The number of benzene rings is 1. The first kappa shape index (κ1) is 13.5. The van der Waals surface area contributed by atoms with Gasteiger partial charge in [0.1, 0.15) is 5.56 Å². The Labute approximate surface area is 114 Å². The zero-order valence-corrected chi connectivity index (χ0v) is 10.3. The lowest BCUT2D eigenvalue weighted by Crippen LogP contribution is -2.06. The molecule has 1 aromatic heterocycles. The molecule has 0 atom stereocenters. The second-order valence-electron chi connectivity index (χ2n) is 4.00. The molecular weight excluding hydrogens is 262 g/mol. The van der Waals surface area contributed by atoms with Crippen LogP contribution in [0.5, 0.6) is 0 Å². The van der Waals surface area contributed by atoms with Crippen LogP contribution in [-0.2, 0) is 6.54 Å². The number of hydrogen-bond acceptors (Lipinski definition) is 5. The third kappa shape index (κ3) is 3.08. The molecule has 0 aliphatic heterocycles. The summed E-state index contributed by atoms with van der Waals surface area (Å²) in [5.41, 5.74) is 1.35. The minimum Gasteiger partial charge on any atom is -0.478 e. The molecule has 0 aliphatic carbocycles. The van der Waals surface area contributed by atoms with Crippen molar-refractivity contribution in [2.24, 2.45) is 0 Å². The second kappa shape index (κ2) is 5.79. The summed E-state index contributed by atoms with van der Waals surface area (Å²) >= 11 is 0. The monoisotopic (exact) mass is 273 g/mol. The molecule has 2 rings (SSSR count). The Morgan fingerprint density at radius 1 is 1.30 bits per heavy atom. The highest BCUT2D eigenvalue weighted by atomic mass is 16.6. The van der Waals surface area contributed by atoms with E-state index in [1.807, 2.05) is 0 Å². The number of carbonyl (C=O) groups is 1. The number of rotatable bonds is 5. The van der Waals surface area contributed by atoms with Crippen molar-refractivity contribution in [2.45, 2.75) is 6.54 Å². The largest absolute Gasteiger partial charge is 0.478 e. The van der Waals surface area contributed by atoms with E-state index in [1.165, 1.54) is 24.5 Å². The van der Waals surface area contributed by atoms with Crippen LogP contribution in [0.4, 0.5) is 11.4 Å². The average molecular weight is 273 g/mol. The number of carboxylic acid groups (broad SMARTS) is 1. The number of carboxylic acids is 1. The van der Waals surface area contributed by atoms with Gasteiger partial charge < -0.3 is 10.4 Å². The molecular formula is C13H11N3O4. The lowest BCUT2D eigenvalue weighted by Gasteiger charge is -2.08. The molecule has 0 radical (unpaired) electrons. The summed E-state index contributed by atoms with van der Waals surface area (Å²) in [6, 6.07) is 7.61. The molecule has 0 saturated carbocycles. The van der Waals surface area contributed by atoms with Crippen LogP contribution < -0.4 is 5.32 Å². The van der Waals surface area contributed by atoms with Gasteiger partial charge in [0.2, 0.25) is 0 Å². The van der Waals surface area contributed by atoms with Crippen LogP contribution in [0, 0.1) is 10.1 Å². The van der Waals surface area contributed by atoms with Crippen LogP contribution >= 0.6 is 0 Å². The Balaban J connectivity index is 2.09. The lowest BCUT2D eigenvalue weighted by molar-refractivity contribution is -0.384. The van der Waals surface area contributed by atoms with Crippen molar-refractivity contribution in [3.05, 3.63) is 64.0 Å². The summed E-state index contributed by atoms with van der Waals surface area (Å²) in [7, 11) is 0. The molecule has 0 aliphatic rings. The van der Waals surface area contributed by atoms with Crippen molar-refractivity contribution in [1.29, 1.82) is 0 Å². The van der Waals surface area contributed by atoms with Gasteiger partial charge in [-0.3, -0.25) is 15.1 Å². The number of aromatic carboxylic acids is 1. The predicted molar refractivity (Wildman–Crippen MR) is 71.6 cm³/mol. The van der Waals surface area contributed by atoms with E-state index < -0.39 is 10.9 Å². The van der Waals surface area contributed by atoms with Crippen molar-refractivity contribution in [1.82, 2.24) is 4.98 Å². The summed E-state index contributed by atoms with van der Waals surface area (Å²) in [5, 5.41) is 22.5. The molecule has 1 heterocycles. The summed E-state index contributed by atoms with van der Waals surface area (Å²) in [5.74, 6) is -1.07. The molecule has 20 heavy (non-hydrogen) atoms. The van der Waals surface area contributed by atoms with Crippen LogP contribution in [0.3, 0.4) is 0 Å². The minimum absolute atomic E-state index is 0.0175. The smallest absolute Gasteiger partial charge is 0.339 e. The predicted octanol–water partition coefficient (Wildman–Crippen LogP) is 2.30. The van der Waals surface area contributed by atoms with Crippen LogP contribution in [-0.4, -0.2) is 21.0 Å². The number of pyridine rings is 1. The second-order valence-corrected chi connectivity index (χ2v) is 4.00. The van der Waals surface area contributed by atoms with Gasteiger partial charge in [0.15, 0.2) is 0 Å². The van der Waals surface area contributed by atoms with E-state index in [9.17, 15) is 14.9 Å². The first-order chi connectivity index (χ1) is 9.58. The third-order valence-corrected chi connectivity index (χ3v) is 2.68. The zero-order chi connectivity index (χ0) is 14.5. The Kier molecular flexibility index (Phi) is 3.90. The number of hydrogen-bond donors (Lipinski definition) is 2. The average Bonchev–Trinajstić information content (AvgIpc) is 2.45. The van der Waals surface area contributed by atoms with Crippen LogP contribution in [0.2, 0.25) is 0 Å². The first-order valence-corrected chi connectivity index (χ1v) is 5.72. The maximum Gasteiger partial charge on any atom is 0.339 e. The van der Waals surface area contributed by atoms with Gasteiger partial charge in [-0.15, -0.1) is 0 Å². The zero-order valence-electron chi connectivity index (χ0n) is 10.3. The Hall–Kier alpha value is -2.96. The SMILES string of the molecule is O=C(O)c1cnccc1NCc1ccc([N+](=O)[O-])cc1. The standard InChI is InChI=1S/C13H11N3O4/c17-13(18)11-8-14-6-5-12(11)15-7-9-1-3-10(4-2-9)16(19)20/h1-6,8H,7H2,(H,14,15)(H,17,18). The minimum atomic E-state index is -1.07. The van der Waals surface area contributed by atoms with Gasteiger partial charge in [-0.25, -0.2) is 4.79 Å². The number of nitrogens with zero attached hydrogens (tertiary/aromatic N) is 2. The highest BCUT2D eigenvalue weighted by Crippen LogP contribution is 2.16. The molecule has 0 unspecified atom stereocenters. The Bertz CT molecular complexity index is 640. The summed E-state index contributed by atoms with van der Waals surface area (Å²) in [4.78, 5) is 24.8. The topological polar surface area (TPSA) is 105 Å². The van der Waals surface area contributed by atoms with Gasteiger partial charge in [-0.1, -0.05) is 12.1 Å². The Morgan fingerprint density at radius 3 is 2.60 bits per heavy atom. The number of nitro groups is 1. The molecule has 7 heteroatoms. The fraction of sp³-hybridized carbons (Fsp3) is 0.0769. The number of anilines is 1. The molecule has 0 spiro atoms. The number of non-ortho nitro benzene ring substituents is 1. The van der Waals surface area contributed by atoms with Gasteiger partial charge in [-0.2, -0.15) is 0 Å². The van der Waals surface area contributed by atoms with Gasteiger partial charge >= 0.3 is 5.97 Å². The molecule has 0 bridgehead atoms. The molecule has 2 N–H and O–H groups in total. The van der Waals surface area contributed by atoms with E-state index in [0.717, 1.165) is 5.56 Å². The van der Waals surface area contributed by atoms with E-state index in [2.05, 4.69) is 10.3 Å². The molecule has 1 aromatic carbocycles. The van der Waals surface area contributed by atoms with Crippen molar-refractivity contribution in [2.75, 3.05) is 5.32 Å². The first-order valence-electron chi connectivity index (χ1n) is 5.72. The fourth-order valence-electron chi connectivity index (χ4n) is 1.65. The maximum atomic E-state index is 11.0. The molecule has 0 fully saturated rings. The van der Waals surface area contributed by atoms with E-state index in [0.29, 0.717) is 12.2 Å².